The Hall–Kier alpha value is -2.37. The van der Waals surface area contributed by atoms with Crippen molar-refractivity contribution in [3.05, 3.63) is 43.6 Å². The standard InChI is InChI=1S/C9H7N6/c1-2-9(14-6-11-4-12-7-14)15-8(1)3-10-5-13-15/h1-7H/q+1. The summed E-state index contributed by atoms with van der Waals surface area (Å²) in [5.41, 5.74) is 0.934. The highest BCUT2D eigenvalue weighted by Crippen LogP contribution is 2.04. The van der Waals surface area contributed by atoms with Gasteiger partial charge >= 0.3 is 0 Å². The molecule has 0 fully saturated rings. The van der Waals surface area contributed by atoms with Crippen molar-refractivity contribution >= 4 is 5.52 Å². The maximum absolute atomic E-state index is 4.15. The largest absolute Gasteiger partial charge is 0.239 e. The minimum absolute atomic E-state index is 0.882. The van der Waals surface area contributed by atoms with Gasteiger partial charge < -0.3 is 0 Å². The van der Waals surface area contributed by atoms with Gasteiger partial charge in [0.1, 0.15) is 11.8 Å². The summed E-state index contributed by atoms with van der Waals surface area (Å²) >= 11 is 0. The highest BCUT2D eigenvalue weighted by Gasteiger charge is 2.08. The van der Waals surface area contributed by atoms with E-state index in [1.54, 1.807) is 27.9 Å². The lowest BCUT2D eigenvalue weighted by atomic mass is 10.5. The third-order valence-electron chi connectivity index (χ3n) is 2.09. The van der Waals surface area contributed by atoms with Gasteiger partial charge in [-0.05, 0) is 6.07 Å². The minimum Gasteiger partial charge on any atom is -0.239 e. The van der Waals surface area contributed by atoms with Crippen molar-refractivity contribution in [3.8, 4) is 5.82 Å². The summed E-state index contributed by atoms with van der Waals surface area (Å²) in [6.07, 6.45) is 8.09. The first kappa shape index (κ1) is 7.98. The third-order valence-corrected chi connectivity index (χ3v) is 2.09. The predicted molar refractivity (Wildman–Crippen MR) is 50.1 cm³/mol. The number of hydrogen-bond acceptors (Lipinski definition) is 4. The number of rotatable bonds is 1. The summed E-state index contributed by atoms with van der Waals surface area (Å²) in [5, 5.41) is 4.15. The molecule has 72 valence electrons. The average Bonchev–Trinajstić information content (AvgIpc) is 2.74. The van der Waals surface area contributed by atoms with Crippen LogP contribution in [0.25, 0.3) is 11.3 Å². The van der Waals surface area contributed by atoms with Crippen molar-refractivity contribution in [2.24, 2.45) is 0 Å². The molecule has 0 bridgehead atoms. The van der Waals surface area contributed by atoms with E-state index in [-0.39, 0.29) is 0 Å². The first-order valence-corrected chi connectivity index (χ1v) is 4.39. The van der Waals surface area contributed by atoms with Gasteiger partial charge in [0.15, 0.2) is 0 Å². The van der Waals surface area contributed by atoms with Crippen LogP contribution in [0.2, 0.25) is 0 Å². The number of hydrogen-bond donors (Lipinski definition) is 0. The summed E-state index contributed by atoms with van der Waals surface area (Å²) in [6.45, 7) is 0. The SMILES string of the molecule is c1nc[n+](-c2ccc3cncnn23)cn1. The van der Waals surface area contributed by atoms with E-state index in [4.69, 9.17) is 0 Å². The van der Waals surface area contributed by atoms with Crippen LogP contribution in [-0.4, -0.2) is 24.6 Å². The van der Waals surface area contributed by atoms with Gasteiger partial charge in [-0.15, -0.1) is 15.1 Å². The monoisotopic (exact) mass is 199 g/mol. The number of nitrogens with zero attached hydrogens (tertiary/aromatic N) is 6. The fraction of sp³-hybridized carbons (Fsp3) is 0. The Kier molecular flexibility index (Phi) is 1.64. The Balaban J connectivity index is 2.28. The van der Waals surface area contributed by atoms with Crippen molar-refractivity contribution in [3.63, 3.8) is 0 Å². The van der Waals surface area contributed by atoms with Gasteiger partial charge in [0.05, 0.1) is 6.20 Å². The van der Waals surface area contributed by atoms with Crippen molar-refractivity contribution in [2.75, 3.05) is 0 Å². The summed E-state index contributed by atoms with van der Waals surface area (Å²) in [7, 11) is 0. The summed E-state index contributed by atoms with van der Waals surface area (Å²) in [4.78, 5) is 11.8. The third kappa shape index (κ3) is 1.23. The van der Waals surface area contributed by atoms with Crippen LogP contribution in [0, 0.1) is 0 Å². The van der Waals surface area contributed by atoms with Gasteiger partial charge in [0.25, 0.3) is 0 Å². The van der Waals surface area contributed by atoms with Crippen LogP contribution in [0.4, 0.5) is 0 Å². The average molecular weight is 199 g/mol. The summed E-state index contributed by atoms with van der Waals surface area (Å²) < 4.78 is 3.57. The molecule has 0 aliphatic heterocycles. The molecule has 0 radical (unpaired) electrons. The molecule has 0 amide bonds. The Labute approximate surface area is 84.9 Å². The van der Waals surface area contributed by atoms with E-state index in [1.165, 1.54) is 12.7 Å². The van der Waals surface area contributed by atoms with E-state index in [0.717, 1.165) is 11.3 Å². The number of aromatic nitrogens is 6. The molecule has 3 heterocycles. The zero-order chi connectivity index (χ0) is 10.1. The van der Waals surface area contributed by atoms with E-state index >= 15 is 0 Å². The van der Waals surface area contributed by atoms with Crippen LogP contribution in [0.3, 0.4) is 0 Å². The van der Waals surface area contributed by atoms with Crippen LogP contribution in [-0.2, 0) is 0 Å². The lowest BCUT2D eigenvalue weighted by Gasteiger charge is -1.95. The zero-order valence-electron chi connectivity index (χ0n) is 7.72. The van der Waals surface area contributed by atoms with Gasteiger partial charge in [0.2, 0.25) is 24.8 Å². The van der Waals surface area contributed by atoms with Gasteiger partial charge in [-0.2, -0.15) is 9.08 Å². The highest BCUT2D eigenvalue weighted by molar-refractivity contribution is 5.47. The zero-order valence-corrected chi connectivity index (χ0v) is 7.72. The Bertz CT molecular complexity index is 588. The van der Waals surface area contributed by atoms with Gasteiger partial charge in [-0.3, -0.25) is 0 Å². The quantitative estimate of drug-likeness (QED) is 0.509. The molecule has 3 aromatic rings. The molecule has 0 spiro atoms. The van der Waals surface area contributed by atoms with Crippen molar-refractivity contribution in [1.82, 2.24) is 24.6 Å². The van der Waals surface area contributed by atoms with E-state index in [0.29, 0.717) is 0 Å². The molecule has 0 aliphatic rings. The molecule has 0 saturated carbocycles. The first-order valence-electron chi connectivity index (χ1n) is 4.39. The van der Waals surface area contributed by atoms with E-state index < -0.39 is 0 Å². The van der Waals surface area contributed by atoms with Crippen LogP contribution in [0.1, 0.15) is 0 Å². The maximum Gasteiger partial charge on any atom is 0.230 e. The molecule has 6 nitrogen and oxygen atoms in total. The molecular formula is C9H7N6+. The topological polar surface area (TPSA) is 59.8 Å². The molecule has 3 rings (SSSR count). The Morgan fingerprint density at radius 2 is 1.87 bits per heavy atom. The molecular weight excluding hydrogens is 192 g/mol. The van der Waals surface area contributed by atoms with Crippen molar-refractivity contribution in [2.45, 2.75) is 0 Å². The van der Waals surface area contributed by atoms with E-state index in [1.807, 2.05) is 12.1 Å². The van der Waals surface area contributed by atoms with Gasteiger partial charge in [-0.1, -0.05) is 0 Å². The Morgan fingerprint density at radius 1 is 1.00 bits per heavy atom. The van der Waals surface area contributed by atoms with Crippen LogP contribution >= 0.6 is 0 Å². The van der Waals surface area contributed by atoms with Gasteiger partial charge in [-0.25, -0.2) is 4.98 Å². The highest BCUT2D eigenvalue weighted by atomic mass is 15.3. The molecule has 3 aromatic heterocycles. The second kappa shape index (κ2) is 3.09. The smallest absolute Gasteiger partial charge is 0.230 e. The molecule has 0 atom stereocenters. The Morgan fingerprint density at radius 3 is 2.73 bits per heavy atom. The fourth-order valence-corrected chi connectivity index (χ4v) is 1.43. The van der Waals surface area contributed by atoms with Crippen molar-refractivity contribution in [1.29, 1.82) is 0 Å². The molecule has 0 aliphatic carbocycles. The van der Waals surface area contributed by atoms with Crippen LogP contribution < -0.4 is 4.57 Å². The van der Waals surface area contributed by atoms with Crippen LogP contribution in [0.5, 0.6) is 0 Å². The fourth-order valence-electron chi connectivity index (χ4n) is 1.43. The molecule has 0 aromatic carbocycles. The van der Waals surface area contributed by atoms with Crippen LogP contribution in [0.15, 0.2) is 43.6 Å². The molecule has 15 heavy (non-hydrogen) atoms. The minimum atomic E-state index is 0.882. The van der Waals surface area contributed by atoms with Crippen molar-refractivity contribution < 1.29 is 4.57 Å². The number of fused-ring (bicyclic) bond motifs is 1. The lowest BCUT2D eigenvalue weighted by Crippen LogP contribution is -2.33. The normalized spacial score (nSPS) is 10.7. The lowest BCUT2D eigenvalue weighted by molar-refractivity contribution is -0.607. The summed E-state index contributed by atoms with van der Waals surface area (Å²) in [6, 6.07) is 3.88. The van der Waals surface area contributed by atoms with Gasteiger partial charge in [0, 0.05) is 6.07 Å². The molecule has 0 saturated heterocycles. The molecule has 6 heteroatoms. The predicted octanol–water partition coefficient (Wildman–Crippen LogP) is -0.204. The second-order valence-corrected chi connectivity index (χ2v) is 2.99. The molecule has 0 unspecified atom stereocenters. The second-order valence-electron chi connectivity index (χ2n) is 2.99. The first-order chi connectivity index (χ1) is 7.45. The maximum atomic E-state index is 4.15. The molecule has 0 N–H and O–H groups in total. The van der Waals surface area contributed by atoms with E-state index in [2.05, 4.69) is 20.1 Å². The van der Waals surface area contributed by atoms with E-state index in [9.17, 15) is 0 Å². The summed E-state index contributed by atoms with van der Waals surface area (Å²) in [5.74, 6) is 0.882.